The van der Waals surface area contributed by atoms with Crippen LogP contribution < -0.4 is 5.73 Å². The maximum atomic E-state index is 6.16. The summed E-state index contributed by atoms with van der Waals surface area (Å²) in [5, 5.41) is 8.50. The number of aromatic nitrogens is 4. The number of nitrogens with two attached hydrogens (primary N) is 1. The molecule has 0 fully saturated rings. The van der Waals surface area contributed by atoms with E-state index in [1.807, 2.05) is 17.7 Å². The number of nitrogens with zero attached hydrogens (tertiary/aromatic N) is 4. The Morgan fingerprint density at radius 2 is 2.05 bits per heavy atom. The first-order chi connectivity index (χ1) is 9.36. The molecule has 0 amide bonds. The zero-order valence-electron chi connectivity index (χ0n) is 12.8. The van der Waals surface area contributed by atoms with Crippen molar-refractivity contribution in [1.29, 1.82) is 0 Å². The number of aryl methyl sites for hydroxylation is 2. The monoisotopic (exact) mass is 277 g/mol. The maximum absolute atomic E-state index is 6.16. The second-order valence-corrected chi connectivity index (χ2v) is 5.99. The predicted octanol–water partition coefficient (Wildman–Crippen LogP) is 2.56. The highest BCUT2D eigenvalue weighted by Gasteiger charge is 2.27. The van der Waals surface area contributed by atoms with Crippen LogP contribution in [-0.4, -0.2) is 19.9 Å². The fourth-order valence-electron chi connectivity index (χ4n) is 1.91. The SMILES string of the molecule is CCc1cc(-c2nc(C(N)C(C)(C)C)no2)n(CC)n1. The Bertz CT molecular complexity index is 579. The average molecular weight is 277 g/mol. The highest BCUT2D eigenvalue weighted by atomic mass is 16.5. The van der Waals surface area contributed by atoms with Gasteiger partial charge in [0.15, 0.2) is 5.82 Å². The van der Waals surface area contributed by atoms with Crippen LogP contribution in [0.15, 0.2) is 10.6 Å². The van der Waals surface area contributed by atoms with E-state index in [2.05, 4.69) is 42.9 Å². The molecule has 0 aliphatic heterocycles. The molecule has 2 heterocycles. The largest absolute Gasteiger partial charge is 0.332 e. The summed E-state index contributed by atoms with van der Waals surface area (Å²) >= 11 is 0. The lowest BCUT2D eigenvalue weighted by Gasteiger charge is -2.23. The minimum atomic E-state index is -0.261. The summed E-state index contributed by atoms with van der Waals surface area (Å²) in [7, 11) is 0. The topological polar surface area (TPSA) is 82.8 Å². The summed E-state index contributed by atoms with van der Waals surface area (Å²) in [6, 6.07) is 1.73. The van der Waals surface area contributed by atoms with Gasteiger partial charge in [0.05, 0.1) is 11.7 Å². The van der Waals surface area contributed by atoms with Gasteiger partial charge in [-0.05, 0) is 24.8 Å². The zero-order chi connectivity index (χ0) is 14.9. The third kappa shape index (κ3) is 2.75. The van der Waals surface area contributed by atoms with Crippen molar-refractivity contribution >= 4 is 0 Å². The smallest absolute Gasteiger partial charge is 0.276 e. The molecule has 6 nitrogen and oxygen atoms in total. The van der Waals surface area contributed by atoms with E-state index in [-0.39, 0.29) is 11.5 Å². The summed E-state index contributed by atoms with van der Waals surface area (Å²) in [6.07, 6.45) is 0.877. The van der Waals surface area contributed by atoms with Gasteiger partial charge in [-0.2, -0.15) is 10.1 Å². The molecule has 0 saturated carbocycles. The van der Waals surface area contributed by atoms with Crippen molar-refractivity contribution in [2.45, 2.75) is 53.6 Å². The van der Waals surface area contributed by atoms with Crippen molar-refractivity contribution in [3.63, 3.8) is 0 Å². The van der Waals surface area contributed by atoms with E-state index in [0.29, 0.717) is 11.7 Å². The van der Waals surface area contributed by atoms with Crippen LogP contribution in [0.1, 0.15) is 52.2 Å². The van der Waals surface area contributed by atoms with E-state index < -0.39 is 0 Å². The molecule has 0 aliphatic rings. The Balaban J connectivity index is 2.36. The first-order valence-electron chi connectivity index (χ1n) is 7.03. The molecule has 2 aromatic heterocycles. The van der Waals surface area contributed by atoms with E-state index in [9.17, 15) is 0 Å². The molecular weight excluding hydrogens is 254 g/mol. The second kappa shape index (κ2) is 5.36. The van der Waals surface area contributed by atoms with Crippen LogP contribution in [0, 0.1) is 5.41 Å². The molecule has 2 N–H and O–H groups in total. The van der Waals surface area contributed by atoms with Crippen LogP contribution in [0.5, 0.6) is 0 Å². The fourth-order valence-corrected chi connectivity index (χ4v) is 1.91. The van der Waals surface area contributed by atoms with Crippen LogP contribution in [0.25, 0.3) is 11.6 Å². The van der Waals surface area contributed by atoms with Crippen molar-refractivity contribution in [1.82, 2.24) is 19.9 Å². The molecule has 0 spiro atoms. The van der Waals surface area contributed by atoms with Crippen molar-refractivity contribution in [3.05, 3.63) is 17.6 Å². The lowest BCUT2D eigenvalue weighted by Crippen LogP contribution is -2.27. The normalized spacial score (nSPS) is 13.7. The number of rotatable bonds is 4. The molecule has 1 unspecified atom stereocenters. The molecule has 1 atom stereocenters. The molecule has 0 radical (unpaired) electrons. The molecule has 2 aromatic rings. The lowest BCUT2D eigenvalue weighted by molar-refractivity contribution is 0.303. The Morgan fingerprint density at radius 1 is 1.35 bits per heavy atom. The van der Waals surface area contributed by atoms with Gasteiger partial charge in [-0.3, -0.25) is 4.68 Å². The molecular formula is C14H23N5O. The molecule has 0 bridgehead atoms. The van der Waals surface area contributed by atoms with Crippen molar-refractivity contribution < 1.29 is 4.52 Å². The standard InChI is InChI=1S/C14H23N5O/c1-6-9-8-10(19(7-2)17-9)13-16-12(18-20-13)11(15)14(3,4)5/h8,11H,6-7,15H2,1-5H3. The highest BCUT2D eigenvalue weighted by molar-refractivity contribution is 5.48. The Hall–Kier alpha value is -1.69. The second-order valence-electron chi connectivity index (χ2n) is 5.99. The molecule has 20 heavy (non-hydrogen) atoms. The van der Waals surface area contributed by atoms with Gasteiger partial charge in [-0.1, -0.05) is 32.9 Å². The van der Waals surface area contributed by atoms with Crippen LogP contribution in [0.3, 0.4) is 0 Å². The van der Waals surface area contributed by atoms with E-state index in [1.165, 1.54) is 0 Å². The van der Waals surface area contributed by atoms with E-state index >= 15 is 0 Å². The summed E-state index contributed by atoms with van der Waals surface area (Å²) in [6.45, 7) is 11.0. The van der Waals surface area contributed by atoms with Gasteiger partial charge in [0.1, 0.15) is 5.69 Å². The molecule has 0 saturated heterocycles. The Morgan fingerprint density at radius 3 is 2.60 bits per heavy atom. The van der Waals surface area contributed by atoms with Crippen molar-refractivity contribution in [3.8, 4) is 11.6 Å². The summed E-state index contributed by atoms with van der Waals surface area (Å²) in [4.78, 5) is 4.44. The molecule has 0 aromatic carbocycles. The lowest BCUT2D eigenvalue weighted by atomic mass is 9.87. The van der Waals surface area contributed by atoms with Gasteiger partial charge in [0, 0.05) is 6.54 Å². The van der Waals surface area contributed by atoms with E-state index in [1.54, 1.807) is 0 Å². The number of hydrogen-bond acceptors (Lipinski definition) is 5. The minimum Gasteiger partial charge on any atom is -0.332 e. The van der Waals surface area contributed by atoms with Gasteiger partial charge in [0.25, 0.3) is 5.89 Å². The molecule has 2 rings (SSSR count). The Kier molecular flexibility index (Phi) is 3.94. The molecule has 110 valence electrons. The Labute approximate surface area is 119 Å². The van der Waals surface area contributed by atoms with Crippen LogP contribution >= 0.6 is 0 Å². The van der Waals surface area contributed by atoms with Crippen LogP contribution in [0.4, 0.5) is 0 Å². The van der Waals surface area contributed by atoms with Crippen LogP contribution in [-0.2, 0) is 13.0 Å². The summed E-state index contributed by atoms with van der Waals surface area (Å²) in [5.74, 6) is 1.02. The fraction of sp³-hybridized carbons (Fsp3) is 0.643. The maximum Gasteiger partial charge on any atom is 0.276 e. The van der Waals surface area contributed by atoms with E-state index in [0.717, 1.165) is 24.4 Å². The zero-order valence-corrected chi connectivity index (χ0v) is 12.8. The third-order valence-electron chi connectivity index (χ3n) is 3.36. The third-order valence-corrected chi connectivity index (χ3v) is 3.36. The quantitative estimate of drug-likeness (QED) is 0.928. The first-order valence-corrected chi connectivity index (χ1v) is 7.03. The van der Waals surface area contributed by atoms with Gasteiger partial charge in [0.2, 0.25) is 0 Å². The van der Waals surface area contributed by atoms with Gasteiger partial charge < -0.3 is 10.3 Å². The highest BCUT2D eigenvalue weighted by Crippen LogP contribution is 2.30. The van der Waals surface area contributed by atoms with Gasteiger partial charge in [-0.15, -0.1) is 0 Å². The average Bonchev–Trinajstić information content (AvgIpc) is 3.02. The summed E-state index contributed by atoms with van der Waals surface area (Å²) in [5.41, 5.74) is 7.91. The van der Waals surface area contributed by atoms with E-state index in [4.69, 9.17) is 10.3 Å². The van der Waals surface area contributed by atoms with Gasteiger partial charge >= 0.3 is 0 Å². The number of hydrogen-bond donors (Lipinski definition) is 1. The van der Waals surface area contributed by atoms with Crippen LogP contribution in [0.2, 0.25) is 0 Å². The summed E-state index contributed by atoms with van der Waals surface area (Å²) < 4.78 is 7.24. The first kappa shape index (κ1) is 14.7. The molecule has 0 aliphatic carbocycles. The molecule has 6 heteroatoms. The van der Waals surface area contributed by atoms with Gasteiger partial charge in [-0.25, -0.2) is 0 Å². The van der Waals surface area contributed by atoms with Crippen molar-refractivity contribution in [2.24, 2.45) is 11.1 Å². The predicted molar refractivity (Wildman–Crippen MR) is 77.0 cm³/mol. The minimum absolute atomic E-state index is 0.110. The van der Waals surface area contributed by atoms with Crippen molar-refractivity contribution in [2.75, 3.05) is 0 Å².